The SMILES string of the molecule is O=C(O)[C@H]1C[C@@H]2CC[C@@]1(C(=O)O)N2. The van der Waals surface area contributed by atoms with Gasteiger partial charge in [0.25, 0.3) is 0 Å². The summed E-state index contributed by atoms with van der Waals surface area (Å²) in [6.07, 6.45) is 1.65. The minimum atomic E-state index is -1.18. The van der Waals surface area contributed by atoms with Gasteiger partial charge in [0.15, 0.2) is 0 Å². The lowest BCUT2D eigenvalue weighted by molar-refractivity contribution is -0.155. The van der Waals surface area contributed by atoms with Crippen molar-refractivity contribution >= 4 is 11.9 Å². The first-order valence-corrected chi connectivity index (χ1v) is 4.30. The van der Waals surface area contributed by atoms with Crippen molar-refractivity contribution in [1.82, 2.24) is 5.32 Å². The smallest absolute Gasteiger partial charge is 0.324 e. The van der Waals surface area contributed by atoms with Crippen LogP contribution in [0.25, 0.3) is 0 Å². The van der Waals surface area contributed by atoms with Gasteiger partial charge < -0.3 is 10.2 Å². The molecule has 13 heavy (non-hydrogen) atoms. The molecule has 5 nitrogen and oxygen atoms in total. The molecule has 2 saturated heterocycles. The maximum absolute atomic E-state index is 11.0. The molecule has 0 saturated carbocycles. The zero-order valence-electron chi connectivity index (χ0n) is 6.99. The van der Waals surface area contributed by atoms with E-state index in [1.54, 1.807) is 0 Å². The van der Waals surface area contributed by atoms with Crippen molar-refractivity contribution in [2.24, 2.45) is 5.92 Å². The second-order valence-corrected chi connectivity index (χ2v) is 3.78. The predicted octanol–water partition coefficient (Wildman–Crippen LogP) is -0.334. The molecule has 2 bridgehead atoms. The summed E-state index contributed by atoms with van der Waals surface area (Å²) in [4.78, 5) is 21.8. The molecule has 2 rings (SSSR count). The molecular formula is C8H11NO4. The second-order valence-electron chi connectivity index (χ2n) is 3.78. The Balaban J connectivity index is 2.32. The van der Waals surface area contributed by atoms with Gasteiger partial charge in [-0.2, -0.15) is 0 Å². The van der Waals surface area contributed by atoms with Crippen LogP contribution in [0, 0.1) is 5.92 Å². The van der Waals surface area contributed by atoms with Crippen LogP contribution in [0.3, 0.4) is 0 Å². The number of aliphatic carboxylic acids is 2. The molecule has 3 atom stereocenters. The first-order chi connectivity index (χ1) is 6.06. The fraction of sp³-hybridized carbons (Fsp3) is 0.750. The summed E-state index contributed by atoms with van der Waals surface area (Å²) in [5.74, 6) is -2.79. The number of hydrogen-bond acceptors (Lipinski definition) is 3. The summed E-state index contributed by atoms with van der Waals surface area (Å²) >= 11 is 0. The molecule has 0 amide bonds. The summed E-state index contributed by atoms with van der Waals surface area (Å²) in [6, 6.07) is 0.0807. The minimum absolute atomic E-state index is 0.0807. The number of hydrogen-bond donors (Lipinski definition) is 3. The zero-order valence-corrected chi connectivity index (χ0v) is 6.99. The normalized spacial score (nSPS) is 42.2. The summed E-state index contributed by atoms with van der Waals surface area (Å²) in [6.45, 7) is 0. The third-order valence-electron chi connectivity index (χ3n) is 3.14. The van der Waals surface area contributed by atoms with E-state index in [9.17, 15) is 9.59 Å². The summed E-state index contributed by atoms with van der Waals surface area (Å²) in [7, 11) is 0. The van der Waals surface area contributed by atoms with Crippen molar-refractivity contribution in [3.8, 4) is 0 Å². The Labute approximate surface area is 74.7 Å². The van der Waals surface area contributed by atoms with Crippen LogP contribution in [0.2, 0.25) is 0 Å². The molecule has 0 aromatic rings. The van der Waals surface area contributed by atoms with E-state index >= 15 is 0 Å². The van der Waals surface area contributed by atoms with Gasteiger partial charge in [-0.15, -0.1) is 0 Å². The van der Waals surface area contributed by atoms with Gasteiger partial charge in [0, 0.05) is 6.04 Å². The average molecular weight is 185 g/mol. The van der Waals surface area contributed by atoms with E-state index in [0.29, 0.717) is 12.8 Å². The number of carboxylic acid groups (broad SMARTS) is 2. The Hall–Kier alpha value is -1.10. The zero-order chi connectivity index (χ0) is 9.64. The number of rotatable bonds is 2. The standard InChI is InChI=1S/C8H11NO4/c10-6(11)5-3-4-1-2-8(5,9-4)7(12)13/h4-5,9H,1-3H2,(H,10,11)(H,12,13)/t4-,5+,8+/m0/s1. The van der Waals surface area contributed by atoms with E-state index in [2.05, 4.69) is 5.32 Å². The lowest BCUT2D eigenvalue weighted by atomic mass is 9.78. The van der Waals surface area contributed by atoms with Gasteiger partial charge in [-0.25, -0.2) is 0 Å². The highest BCUT2D eigenvalue weighted by atomic mass is 16.4. The third-order valence-corrected chi connectivity index (χ3v) is 3.14. The average Bonchev–Trinajstić information content (AvgIpc) is 2.60. The van der Waals surface area contributed by atoms with Gasteiger partial charge in [0.1, 0.15) is 5.54 Å². The number of nitrogens with one attached hydrogen (secondary N) is 1. The van der Waals surface area contributed by atoms with Crippen LogP contribution in [-0.2, 0) is 9.59 Å². The molecular weight excluding hydrogens is 174 g/mol. The van der Waals surface area contributed by atoms with Crippen molar-refractivity contribution in [1.29, 1.82) is 0 Å². The first kappa shape index (κ1) is 8.50. The van der Waals surface area contributed by atoms with Crippen LogP contribution in [0.1, 0.15) is 19.3 Å². The van der Waals surface area contributed by atoms with E-state index in [-0.39, 0.29) is 6.04 Å². The van der Waals surface area contributed by atoms with E-state index in [1.807, 2.05) is 0 Å². The Morgan fingerprint density at radius 2 is 2.08 bits per heavy atom. The molecule has 5 heteroatoms. The van der Waals surface area contributed by atoms with Crippen molar-refractivity contribution in [2.45, 2.75) is 30.8 Å². The molecule has 2 aliphatic heterocycles. The first-order valence-electron chi connectivity index (χ1n) is 4.30. The van der Waals surface area contributed by atoms with Gasteiger partial charge in [-0.1, -0.05) is 0 Å². The summed E-state index contributed by atoms with van der Waals surface area (Å²) < 4.78 is 0. The van der Waals surface area contributed by atoms with E-state index in [1.165, 1.54) is 0 Å². The van der Waals surface area contributed by atoms with Crippen LogP contribution < -0.4 is 5.32 Å². The highest BCUT2D eigenvalue weighted by Crippen LogP contribution is 2.42. The quantitative estimate of drug-likeness (QED) is 0.548. The second kappa shape index (κ2) is 2.45. The Bertz CT molecular complexity index is 277. The maximum Gasteiger partial charge on any atom is 0.324 e. The predicted molar refractivity (Wildman–Crippen MR) is 42.3 cm³/mol. The van der Waals surface area contributed by atoms with E-state index in [4.69, 9.17) is 10.2 Å². The van der Waals surface area contributed by atoms with Crippen LogP contribution in [0.4, 0.5) is 0 Å². The largest absolute Gasteiger partial charge is 0.481 e. The molecule has 2 aliphatic rings. The third kappa shape index (κ3) is 0.966. The van der Waals surface area contributed by atoms with Gasteiger partial charge >= 0.3 is 11.9 Å². The van der Waals surface area contributed by atoms with Crippen molar-refractivity contribution in [3.63, 3.8) is 0 Å². The van der Waals surface area contributed by atoms with Gasteiger partial charge in [-0.3, -0.25) is 14.9 Å². The van der Waals surface area contributed by atoms with Crippen LogP contribution >= 0.6 is 0 Å². The molecule has 2 heterocycles. The number of carbonyl (C=O) groups is 2. The number of fused-ring (bicyclic) bond motifs is 2. The fourth-order valence-electron chi connectivity index (χ4n) is 2.48. The highest BCUT2D eigenvalue weighted by Gasteiger charge is 2.59. The lowest BCUT2D eigenvalue weighted by Crippen LogP contribution is -2.52. The van der Waals surface area contributed by atoms with E-state index < -0.39 is 23.4 Å². The molecule has 2 fully saturated rings. The Morgan fingerprint density at radius 3 is 2.46 bits per heavy atom. The molecule has 0 radical (unpaired) electrons. The molecule has 0 spiro atoms. The molecule has 3 N–H and O–H groups in total. The van der Waals surface area contributed by atoms with Crippen LogP contribution in [0.5, 0.6) is 0 Å². The minimum Gasteiger partial charge on any atom is -0.481 e. The Kier molecular flexibility index (Phi) is 1.60. The van der Waals surface area contributed by atoms with Crippen molar-refractivity contribution < 1.29 is 19.8 Å². The van der Waals surface area contributed by atoms with Crippen molar-refractivity contribution in [2.75, 3.05) is 0 Å². The summed E-state index contributed by atoms with van der Waals surface area (Å²) in [5, 5.41) is 20.7. The molecule has 0 aromatic heterocycles. The van der Waals surface area contributed by atoms with Crippen LogP contribution in [0.15, 0.2) is 0 Å². The Morgan fingerprint density at radius 1 is 1.38 bits per heavy atom. The highest BCUT2D eigenvalue weighted by molar-refractivity contribution is 5.88. The molecule has 0 unspecified atom stereocenters. The molecule has 72 valence electrons. The lowest BCUT2D eigenvalue weighted by Gasteiger charge is -2.26. The monoisotopic (exact) mass is 185 g/mol. The van der Waals surface area contributed by atoms with Gasteiger partial charge in [0.2, 0.25) is 0 Å². The molecule has 0 aliphatic carbocycles. The topological polar surface area (TPSA) is 86.6 Å². The van der Waals surface area contributed by atoms with Crippen molar-refractivity contribution in [3.05, 3.63) is 0 Å². The number of carboxylic acids is 2. The van der Waals surface area contributed by atoms with Gasteiger partial charge in [-0.05, 0) is 19.3 Å². The van der Waals surface area contributed by atoms with Gasteiger partial charge in [0.05, 0.1) is 5.92 Å². The molecule has 0 aromatic carbocycles. The van der Waals surface area contributed by atoms with Crippen LogP contribution in [-0.4, -0.2) is 33.7 Å². The maximum atomic E-state index is 11.0. The summed E-state index contributed by atoms with van der Waals surface area (Å²) in [5.41, 5.74) is -1.18. The van der Waals surface area contributed by atoms with E-state index in [0.717, 1.165) is 6.42 Å². The fourth-order valence-corrected chi connectivity index (χ4v) is 2.48.